The second-order valence-electron chi connectivity index (χ2n) is 4.44. The van der Waals surface area contributed by atoms with Gasteiger partial charge in [0.2, 0.25) is 5.09 Å². The summed E-state index contributed by atoms with van der Waals surface area (Å²) in [4.78, 5) is 11.4. The number of sulfonamides is 1. The molecule has 1 atom stereocenters. The molecule has 1 aromatic rings. The van der Waals surface area contributed by atoms with Gasteiger partial charge in [-0.1, -0.05) is 0 Å². The van der Waals surface area contributed by atoms with E-state index in [0.717, 1.165) is 0 Å². The molecule has 0 aromatic carbocycles. The minimum atomic E-state index is -3.74. The van der Waals surface area contributed by atoms with Gasteiger partial charge in [-0.2, -0.15) is 4.31 Å². The molecule has 0 spiro atoms. The molecule has 1 fully saturated rings. The summed E-state index contributed by atoms with van der Waals surface area (Å²) in [6, 6.07) is 1.03. The van der Waals surface area contributed by atoms with Gasteiger partial charge < -0.3 is 14.9 Å². The number of nitrogens with two attached hydrogens (primary N) is 1. The third kappa shape index (κ3) is 2.51. The molecule has 2 rings (SSSR count). The molecule has 0 aliphatic carbocycles. The van der Waals surface area contributed by atoms with Crippen LogP contribution in [0.2, 0.25) is 0 Å². The molecule has 19 heavy (non-hydrogen) atoms. The smallest absolute Gasteiger partial charge is 0.341 e. The highest BCUT2D eigenvalue weighted by molar-refractivity contribution is 7.89. The van der Waals surface area contributed by atoms with Crippen molar-refractivity contribution in [1.29, 1.82) is 0 Å². The van der Waals surface area contributed by atoms with Gasteiger partial charge in [0.15, 0.2) is 0 Å². The van der Waals surface area contributed by atoms with Gasteiger partial charge in [-0.15, -0.1) is 0 Å². The predicted octanol–water partition coefficient (Wildman–Crippen LogP) is 0.0963. The van der Waals surface area contributed by atoms with Crippen molar-refractivity contribution in [3.8, 4) is 0 Å². The van der Waals surface area contributed by atoms with E-state index < -0.39 is 16.0 Å². The molecule has 1 aliphatic rings. The first kappa shape index (κ1) is 14.0. The first-order chi connectivity index (χ1) is 8.86. The minimum absolute atomic E-state index is 0.115. The lowest BCUT2D eigenvalue weighted by molar-refractivity contribution is 0.0599. The summed E-state index contributed by atoms with van der Waals surface area (Å²) in [5, 5.41) is -0.250. The zero-order chi connectivity index (χ0) is 14.2. The zero-order valence-electron chi connectivity index (χ0n) is 10.8. The molecule has 1 aromatic heterocycles. The highest BCUT2D eigenvalue weighted by Gasteiger charge is 2.34. The van der Waals surface area contributed by atoms with Gasteiger partial charge >= 0.3 is 5.97 Å². The van der Waals surface area contributed by atoms with Crippen molar-refractivity contribution >= 4 is 16.0 Å². The Morgan fingerprint density at radius 2 is 2.26 bits per heavy atom. The van der Waals surface area contributed by atoms with Crippen LogP contribution in [0.1, 0.15) is 22.5 Å². The first-order valence-electron chi connectivity index (χ1n) is 5.80. The molecule has 2 heterocycles. The quantitative estimate of drug-likeness (QED) is 0.791. The van der Waals surface area contributed by atoms with Crippen LogP contribution < -0.4 is 5.73 Å². The molecule has 2 N–H and O–H groups in total. The van der Waals surface area contributed by atoms with Crippen LogP contribution in [0, 0.1) is 6.92 Å². The molecule has 7 nitrogen and oxygen atoms in total. The van der Waals surface area contributed by atoms with Crippen LogP contribution in [-0.2, 0) is 14.8 Å². The van der Waals surface area contributed by atoms with Crippen LogP contribution >= 0.6 is 0 Å². The van der Waals surface area contributed by atoms with E-state index in [1.165, 1.54) is 24.4 Å². The fourth-order valence-electron chi connectivity index (χ4n) is 1.99. The Labute approximate surface area is 111 Å². The molecular weight excluding hydrogens is 272 g/mol. The Kier molecular flexibility index (Phi) is 3.66. The molecule has 0 saturated carbocycles. The summed E-state index contributed by atoms with van der Waals surface area (Å²) in [5.41, 5.74) is 5.81. The summed E-state index contributed by atoms with van der Waals surface area (Å²) in [6.45, 7) is 2.13. The Balaban J connectivity index is 2.34. The lowest BCUT2D eigenvalue weighted by Gasteiger charge is -2.13. The first-order valence-corrected chi connectivity index (χ1v) is 7.24. The fraction of sp³-hybridized carbons (Fsp3) is 0.545. The summed E-state index contributed by atoms with van der Waals surface area (Å²) >= 11 is 0. The molecule has 1 aliphatic heterocycles. The van der Waals surface area contributed by atoms with E-state index in [1.54, 1.807) is 0 Å². The summed E-state index contributed by atoms with van der Waals surface area (Å²) in [5.74, 6) is -0.408. The van der Waals surface area contributed by atoms with Gasteiger partial charge in [-0.3, -0.25) is 0 Å². The van der Waals surface area contributed by atoms with Crippen LogP contribution in [0.5, 0.6) is 0 Å². The molecule has 0 bridgehead atoms. The van der Waals surface area contributed by atoms with Crippen molar-refractivity contribution in [2.45, 2.75) is 24.5 Å². The van der Waals surface area contributed by atoms with E-state index in [9.17, 15) is 13.2 Å². The Morgan fingerprint density at radius 3 is 2.79 bits per heavy atom. The number of hydrogen-bond acceptors (Lipinski definition) is 6. The van der Waals surface area contributed by atoms with Crippen LogP contribution in [-0.4, -0.2) is 44.9 Å². The topological polar surface area (TPSA) is 103 Å². The summed E-state index contributed by atoms with van der Waals surface area (Å²) in [6.07, 6.45) is 0.614. The van der Waals surface area contributed by atoms with Crippen molar-refractivity contribution in [3.63, 3.8) is 0 Å². The molecule has 0 radical (unpaired) electrons. The van der Waals surface area contributed by atoms with Crippen LogP contribution in [0.15, 0.2) is 15.6 Å². The maximum absolute atomic E-state index is 12.3. The van der Waals surface area contributed by atoms with Crippen molar-refractivity contribution in [3.05, 3.63) is 17.4 Å². The molecule has 106 valence electrons. The van der Waals surface area contributed by atoms with Gasteiger partial charge in [0, 0.05) is 25.2 Å². The standard InChI is InChI=1S/C11H16N2O5S/c1-7-9(11(14)17-2)5-10(18-7)19(15,16)13-4-3-8(12)6-13/h5,8H,3-4,6,12H2,1-2H3/t8-/m1/s1. The van der Waals surface area contributed by atoms with Crippen molar-refractivity contribution in [1.82, 2.24) is 4.31 Å². The van der Waals surface area contributed by atoms with E-state index in [1.807, 2.05) is 0 Å². The van der Waals surface area contributed by atoms with Gasteiger partial charge in [-0.25, -0.2) is 13.2 Å². The number of furan rings is 1. The van der Waals surface area contributed by atoms with Crippen molar-refractivity contribution in [2.24, 2.45) is 5.73 Å². The maximum Gasteiger partial charge on any atom is 0.341 e. The predicted molar refractivity (Wildman–Crippen MR) is 66.1 cm³/mol. The SMILES string of the molecule is COC(=O)c1cc(S(=O)(=O)N2CC[C@@H](N)C2)oc1C. The van der Waals surface area contributed by atoms with Crippen LogP contribution in [0.25, 0.3) is 0 Å². The van der Waals surface area contributed by atoms with Gasteiger partial charge in [0.05, 0.1) is 7.11 Å². The molecule has 1 saturated heterocycles. The maximum atomic E-state index is 12.3. The van der Waals surface area contributed by atoms with Gasteiger partial charge in [-0.05, 0) is 13.3 Å². The number of rotatable bonds is 3. The Hall–Kier alpha value is -1.38. The Bertz CT molecular complexity index is 592. The van der Waals surface area contributed by atoms with Gasteiger partial charge in [0.1, 0.15) is 11.3 Å². The molecule has 0 unspecified atom stereocenters. The number of hydrogen-bond donors (Lipinski definition) is 1. The van der Waals surface area contributed by atoms with E-state index in [4.69, 9.17) is 10.2 Å². The third-order valence-electron chi connectivity index (χ3n) is 3.08. The summed E-state index contributed by atoms with van der Waals surface area (Å²) in [7, 11) is -2.51. The van der Waals surface area contributed by atoms with Gasteiger partial charge in [0.25, 0.3) is 10.0 Å². The number of carbonyl (C=O) groups is 1. The van der Waals surface area contributed by atoms with Crippen LogP contribution in [0.4, 0.5) is 0 Å². The van der Waals surface area contributed by atoms with E-state index in [2.05, 4.69) is 4.74 Å². The number of methoxy groups -OCH3 is 1. The number of ether oxygens (including phenoxy) is 1. The minimum Gasteiger partial charge on any atom is -0.465 e. The third-order valence-corrected chi connectivity index (χ3v) is 4.80. The summed E-state index contributed by atoms with van der Waals surface area (Å²) < 4.78 is 35.6. The molecule has 8 heteroatoms. The highest BCUT2D eigenvalue weighted by atomic mass is 32.2. The fourth-order valence-corrected chi connectivity index (χ4v) is 3.48. The lowest BCUT2D eigenvalue weighted by atomic mass is 10.3. The molecular formula is C11H16N2O5S. The molecule has 0 amide bonds. The normalized spacial score (nSPS) is 20.7. The second-order valence-corrected chi connectivity index (χ2v) is 6.31. The highest BCUT2D eigenvalue weighted by Crippen LogP contribution is 2.25. The van der Waals surface area contributed by atoms with E-state index in [-0.39, 0.29) is 29.0 Å². The largest absolute Gasteiger partial charge is 0.465 e. The second kappa shape index (κ2) is 4.95. The average Bonchev–Trinajstić information content (AvgIpc) is 2.95. The van der Waals surface area contributed by atoms with E-state index >= 15 is 0 Å². The zero-order valence-corrected chi connectivity index (χ0v) is 11.6. The van der Waals surface area contributed by atoms with Crippen molar-refractivity contribution < 1.29 is 22.4 Å². The average molecular weight is 288 g/mol. The number of esters is 1. The number of aryl methyl sites for hydroxylation is 1. The Morgan fingerprint density at radius 1 is 1.58 bits per heavy atom. The van der Waals surface area contributed by atoms with Crippen LogP contribution in [0.3, 0.4) is 0 Å². The monoisotopic (exact) mass is 288 g/mol. The lowest BCUT2D eigenvalue weighted by Crippen LogP contribution is -2.31. The van der Waals surface area contributed by atoms with E-state index in [0.29, 0.717) is 13.0 Å². The number of nitrogens with zero attached hydrogens (tertiary/aromatic N) is 1. The number of carbonyl (C=O) groups excluding carboxylic acids is 1. The van der Waals surface area contributed by atoms with Crippen molar-refractivity contribution in [2.75, 3.05) is 20.2 Å².